The SMILES string of the molecule is O=C(/C=C/c1ccccc1)Nc1cc(Br)ccn1. The Kier molecular flexibility index (Phi) is 4.25. The monoisotopic (exact) mass is 302 g/mol. The Morgan fingerprint density at radius 2 is 2.00 bits per heavy atom. The van der Waals surface area contributed by atoms with E-state index < -0.39 is 0 Å². The maximum atomic E-state index is 11.6. The van der Waals surface area contributed by atoms with Gasteiger partial charge in [-0.1, -0.05) is 46.3 Å². The van der Waals surface area contributed by atoms with E-state index in [1.807, 2.05) is 30.3 Å². The first-order valence-corrected chi connectivity index (χ1v) is 6.19. The fourth-order valence-electron chi connectivity index (χ4n) is 1.38. The summed E-state index contributed by atoms with van der Waals surface area (Å²) in [6.45, 7) is 0. The smallest absolute Gasteiger partial charge is 0.249 e. The number of hydrogen-bond donors (Lipinski definition) is 1. The van der Waals surface area contributed by atoms with Crippen LogP contribution < -0.4 is 5.32 Å². The maximum absolute atomic E-state index is 11.6. The molecule has 1 aromatic heterocycles. The summed E-state index contributed by atoms with van der Waals surface area (Å²) in [5.41, 5.74) is 0.981. The highest BCUT2D eigenvalue weighted by atomic mass is 79.9. The van der Waals surface area contributed by atoms with Gasteiger partial charge in [0.2, 0.25) is 5.91 Å². The number of benzene rings is 1. The molecule has 0 saturated carbocycles. The van der Waals surface area contributed by atoms with Crippen molar-refractivity contribution in [3.8, 4) is 0 Å². The van der Waals surface area contributed by atoms with Crippen molar-refractivity contribution in [2.75, 3.05) is 5.32 Å². The normalized spacial score (nSPS) is 10.5. The zero-order valence-electron chi connectivity index (χ0n) is 9.51. The Bertz CT molecular complexity index is 567. The van der Waals surface area contributed by atoms with E-state index in [0.717, 1.165) is 10.0 Å². The van der Waals surface area contributed by atoms with Crippen LogP contribution in [0.25, 0.3) is 6.08 Å². The number of amides is 1. The van der Waals surface area contributed by atoms with Gasteiger partial charge in [0.15, 0.2) is 0 Å². The average molecular weight is 303 g/mol. The minimum atomic E-state index is -0.204. The third kappa shape index (κ3) is 3.82. The molecule has 0 radical (unpaired) electrons. The first-order chi connectivity index (χ1) is 8.74. The summed E-state index contributed by atoms with van der Waals surface area (Å²) in [7, 11) is 0. The third-order valence-electron chi connectivity index (χ3n) is 2.20. The quantitative estimate of drug-likeness (QED) is 0.882. The lowest BCUT2D eigenvalue weighted by Gasteiger charge is -2.00. The number of hydrogen-bond acceptors (Lipinski definition) is 2. The summed E-state index contributed by atoms with van der Waals surface area (Å²) < 4.78 is 0.875. The van der Waals surface area contributed by atoms with Crippen LogP contribution in [0.5, 0.6) is 0 Å². The van der Waals surface area contributed by atoms with E-state index in [9.17, 15) is 4.79 Å². The van der Waals surface area contributed by atoms with Crippen molar-refractivity contribution in [2.24, 2.45) is 0 Å². The average Bonchev–Trinajstić information content (AvgIpc) is 2.38. The second-order valence-electron chi connectivity index (χ2n) is 3.59. The summed E-state index contributed by atoms with van der Waals surface area (Å²) in [6.07, 6.45) is 4.87. The van der Waals surface area contributed by atoms with Crippen molar-refractivity contribution in [1.29, 1.82) is 0 Å². The molecular weight excluding hydrogens is 292 g/mol. The lowest BCUT2D eigenvalue weighted by molar-refractivity contribution is -0.111. The minimum absolute atomic E-state index is 0.204. The zero-order valence-corrected chi connectivity index (χ0v) is 11.1. The molecule has 2 rings (SSSR count). The van der Waals surface area contributed by atoms with E-state index in [2.05, 4.69) is 26.2 Å². The van der Waals surface area contributed by atoms with Crippen LogP contribution in [0.4, 0.5) is 5.82 Å². The Morgan fingerprint density at radius 3 is 2.72 bits per heavy atom. The van der Waals surface area contributed by atoms with Crippen molar-refractivity contribution in [3.63, 3.8) is 0 Å². The third-order valence-corrected chi connectivity index (χ3v) is 2.69. The van der Waals surface area contributed by atoms with Crippen molar-refractivity contribution in [1.82, 2.24) is 4.98 Å². The van der Waals surface area contributed by atoms with Crippen LogP contribution in [0.1, 0.15) is 5.56 Å². The summed E-state index contributed by atoms with van der Waals surface area (Å²) in [5, 5.41) is 2.69. The number of nitrogens with zero attached hydrogens (tertiary/aromatic N) is 1. The number of carbonyl (C=O) groups excluding carboxylic acids is 1. The fraction of sp³-hybridized carbons (Fsp3) is 0. The van der Waals surface area contributed by atoms with E-state index >= 15 is 0 Å². The molecule has 0 bridgehead atoms. The summed E-state index contributed by atoms with van der Waals surface area (Å²) in [4.78, 5) is 15.7. The molecule has 1 amide bonds. The number of rotatable bonds is 3. The van der Waals surface area contributed by atoms with Crippen molar-refractivity contribution >= 4 is 33.7 Å². The van der Waals surface area contributed by atoms with E-state index in [1.54, 1.807) is 24.4 Å². The van der Waals surface area contributed by atoms with E-state index in [1.165, 1.54) is 6.08 Å². The van der Waals surface area contributed by atoms with Crippen LogP contribution in [0.15, 0.2) is 59.2 Å². The molecule has 18 heavy (non-hydrogen) atoms. The predicted molar refractivity (Wildman–Crippen MR) is 76.0 cm³/mol. The van der Waals surface area contributed by atoms with Crippen LogP contribution in [0.2, 0.25) is 0 Å². The Balaban J connectivity index is 1.99. The number of pyridine rings is 1. The van der Waals surface area contributed by atoms with Gasteiger partial charge in [-0.15, -0.1) is 0 Å². The molecule has 0 spiro atoms. The molecular formula is C14H11BrN2O. The van der Waals surface area contributed by atoms with Gasteiger partial charge >= 0.3 is 0 Å². The Morgan fingerprint density at radius 1 is 1.22 bits per heavy atom. The van der Waals surface area contributed by atoms with Gasteiger partial charge < -0.3 is 5.32 Å². The molecule has 0 fully saturated rings. The lowest BCUT2D eigenvalue weighted by Crippen LogP contribution is -2.08. The molecule has 0 atom stereocenters. The first-order valence-electron chi connectivity index (χ1n) is 5.40. The Labute approximate surface area is 114 Å². The van der Waals surface area contributed by atoms with Gasteiger partial charge in [0, 0.05) is 16.7 Å². The molecule has 1 N–H and O–H groups in total. The number of halogens is 1. The summed E-state index contributed by atoms with van der Waals surface area (Å²) in [5.74, 6) is 0.316. The van der Waals surface area contributed by atoms with Crippen LogP contribution >= 0.6 is 15.9 Å². The predicted octanol–water partition coefficient (Wildman–Crippen LogP) is 3.50. The van der Waals surface area contributed by atoms with Crippen LogP contribution in [-0.4, -0.2) is 10.9 Å². The maximum Gasteiger partial charge on any atom is 0.249 e. The molecule has 0 unspecified atom stereocenters. The molecule has 0 aliphatic rings. The zero-order chi connectivity index (χ0) is 12.8. The fourth-order valence-corrected chi connectivity index (χ4v) is 1.71. The molecule has 1 heterocycles. The largest absolute Gasteiger partial charge is 0.307 e. The van der Waals surface area contributed by atoms with Crippen molar-refractivity contribution < 1.29 is 4.79 Å². The van der Waals surface area contributed by atoms with Crippen molar-refractivity contribution in [2.45, 2.75) is 0 Å². The van der Waals surface area contributed by atoms with Gasteiger partial charge in [0.25, 0.3) is 0 Å². The highest BCUT2D eigenvalue weighted by Crippen LogP contribution is 2.12. The molecule has 2 aromatic rings. The minimum Gasteiger partial charge on any atom is -0.307 e. The highest BCUT2D eigenvalue weighted by Gasteiger charge is 1.99. The highest BCUT2D eigenvalue weighted by molar-refractivity contribution is 9.10. The molecule has 0 aliphatic carbocycles. The van der Waals surface area contributed by atoms with Crippen molar-refractivity contribution in [3.05, 3.63) is 64.8 Å². The Hall–Kier alpha value is -1.94. The molecule has 0 aliphatic heterocycles. The molecule has 4 heteroatoms. The molecule has 90 valence electrons. The number of anilines is 1. The summed E-state index contributed by atoms with van der Waals surface area (Å²) in [6, 6.07) is 13.2. The molecule has 1 aromatic carbocycles. The second kappa shape index (κ2) is 6.12. The lowest BCUT2D eigenvalue weighted by atomic mass is 10.2. The molecule has 3 nitrogen and oxygen atoms in total. The molecule has 0 saturated heterocycles. The van der Waals surface area contributed by atoms with Gasteiger partial charge in [-0.2, -0.15) is 0 Å². The van der Waals surface area contributed by atoms with Gasteiger partial charge in [0.05, 0.1) is 0 Å². The van der Waals surface area contributed by atoms with Crippen LogP contribution in [0, 0.1) is 0 Å². The van der Waals surface area contributed by atoms with Gasteiger partial charge in [-0.25, -0.2) is 4.98 Å². The first kappa shape index (κ1) is 12.5. The van der Waals surface area contributed by atoms with Crippen LogP contribution in [0.3, 0.4) is 0 Å². The van der Waals surface area contributed by atoms with E-state index in [0.29, 0.717) is 5.82 Å². The standard InChI is InChI=1S/C14H11BrN2O/c15-12-8-9-16-13(10-12)17-14(18)7-6-11-4-2-1-3-5-11/h1-10H,(H,16,17,18)/b7-6+. The van der Waals surface area contributed by atoms with Gasteiger partial charge in [-0.3, -0.25) is 4.79 Å². The van der Waals surface area contributed by atoms with E-state index in [4.69, 9.17) is 0 Å². The van der Waals surface area contributed by atoms with E-state index in [-0.39, 0.29) is 5.91 Å². The second-order valence-corrected chi connectivity index (χ2v) is 4.51. The van der Waals surface area contributed by atoms with Crippen LogP contribution in [-0.2, 0) is 4.79 Å². The number of aromatic nitrogens is 1. The van der Waals surface area contributed by atoms with Gasteiger partial charge in [0.1, 0.15) is 5.82 Å². The topological polar surface area (TPSA) is 42.0 Å². The number of carbonyl (C=O) groups is 1. The number of nitrogens with one attached hydrogen (secondary N) is 1. The van der Waals surface area contributed by atoms with Gasteiger partial charge in [-0.05, 0) is 23.8 Å². The summed E-state index contributed by atoms with van der Waals surface area (Å²) >= 11 is 3.32.